The summed E-state index contributed by atoms with van der Waals surface area (Å²) in [5.41, 5.74) is 0. The highest BCUT2D eigenvalue weighted by Crippen LogP contribution is 2.50. The first-order chi connectivity index (χ1) is 6.75. The average Bonchev–Trinajstić information content (AvgIpc) is 1.97. The van der Waals surface area contributed by atoms with Crippen LogP contribution in [0.1, 0.15) is 34.1 Å². The molecule has 5 nitrogen and oxygen atoms in total. The highest BCUT2D eigenvalue weighted by Gasteiger charge is 2.28. The van der Waals surface area contributed by atoms with E-state index in [-0.39, 0.29) is 24.8 Å². The Labute approximate surface area is 90.3 Å². The van der Waals surface area contributed by atoms with Gasteiger partial charge in [0.15, 0.2) is 0 Å². The predicted molar refractivity (Wildman–Crippen MR) is 57.2 cm³/mol. The van der Waals surface area contributed by atoms with E-state index in [9.17, 15) is 9.36 Å². The van der Waals surface area contributed by atoms with E-state index in [4.69, 9.17) is 14.2 Å². The van der Waals surface area contributed by atoms with E-state index in [2.05, 4.69) is 0 Å². The van der Waals surface area contributed by atoms with Crippen LogP contribution in [0.3, 0.4) is 0 Å². The van der Waals surface area contributed by atoms with E-state index in [0.717, 1.165) is 0 Å². The van der Waals surface area contributed by atoms with Gasteiger partial charge >= 0.3 is 13.6 Å². The molecular formula is C9H19O5P. The maximum atomic E-state index is 12.0. The smallest absolute Gasteiger partial charge is 0.331 e. The molecule has 0 rings (SSSR count). The minimum Gasteiger partial charge on any atom is -0.481 e. The normalized spacial score (nSPS) is 12.4. The van der Waals surface area contributed by atoms with Gasteiger partial charge in [-0.25, -0.2) is 0 Å². The van der Waals surface area contributed by atoms with Crippen LogP contribution >= 0.6 is 7.60 Å². The van der Waals surface area contributed by atoms with Crippen molar-refractivity contribution in [1.82, 2.24) is 0 Å². The van der Waals surface area contributed by atoms with Gasteiger partial charge in [-0.2, -0.15) is 0 Å². The number of carbonyl (C=O) groups is 1. The zero-order valence-corrected chi connectivity index (χ0v) is 10.5. The zero-order chi connectivity index (χ0) is 12.1. The van der Waals surface area contributed by atoms with Gasteiger partial charge in [0.1, 0.15) is 0 Å². The van der Waals surface area contributed by atoms with Crippen LogP contribution in [-0.4, -0.2) is 29.4 Å². The Morgan fingerprint density at radius 3 is 1.87 bits per heavy atom. The summed E-state index contributed by atoms with van der Waals surface area (Å²) in [7, 11) is -3.27. The van der Waals surface area contributed by atoms with E-state index in [0.29, 0.717) is 0 Å². The molecule has 0 aromatic rings. The van der Waals surface area contributed by atoms with E-state index < -0.39 is 13.6 Å². The fraction of sp³-hybridized carbons (Fsp3) is 0.889. The molecule has 90 valence electrons. The van der Waals surface area contributed by atoms with Crippen molar-refractivity contribution in [2.75, 3.05) is 6.16 Å². The minimum atomic E-state index is -3.27. The Kier molecular flexibility index (Phi) is 6.10. The van der Waals surface area contributed by atoms with Gasteiger partial charge in [0.2, 0.25) is 0 Å². The molecule has 0 aliphatic rings. The summed E-state index contributed by atoms with van der Waals surface area (Å²) >= 11 is 0. The molecule has 0 saturated carbocycles. The molecule has 0 spiro atoms. The molecule has 0 fully saturated rings. The average molecular weight is 238 g/mol. The largest absolute Gasteiger partial charge is 0.481 e. The van der Waals surface area contributed by atoms with Gasteiger partial charge < -0.3 is 14.2 Å². The van der Waals surface area contributed by atoms with Crippen molar-refractivity contribution in [2.24, 2.45) is 0 Å². The maximum Gasteiger partial charge on any atom is 0.331 e. The quantitative estimate of drug-likeness (QED) is 0.690. The molecule has 6 heteroatoms. The highest BCUT2D eigenvalue weighted by atomic mass is 31.2. The monoisotopic (exact) mass is 238 g/mol. The van der Waals surface area contributed by atoms with Gasteiger partial charge in [0.25, 0.3) is 0 Å². The number of aliphatic carboxylic acids is 1. The number of rotatable bonds is 7. The molecule has 15 heavy (non-hydrogen) atoms. The van der Waals surface area contributed by atoms with Crippen molar-refractivity contribution in [2.45, 2.75) is 46.3 Å². The number of hydrogen-bond acceptors (Lipinski definition) is 4. The molecule has 0 saturated heterocycles. The molecular weight excluding hydrogens is 219 g/mol. The summed E-state index contributed by atoms with van der Waals surface area (Å²) in [6.45, 7) is 6.93. The van der Waals surface area contributed by atoms with Crippen molar-refractivity contribution in [3.8, 4) is 0 Å². The van der Waals surface area contributed by atoms with Crippen LogP contribution in [0.25, 0.3) is 0 Å². The van der Waals surface area contributed by atoms with Crippen molar-refractivity contribution in [1.29, 1.82) is 0 Å². The van der Waals surface area contributed by atoms with E-state index in [1.165, 1.54) is 0 Å². The molecule has 0 aliphatic heterocycles. The van der Waals surface area contributed by atoms with Gasteiger partial charge in [-0.05, 0) is 27.7 Å². The lowest BCUT2D eigenvalue weighted by Gasteiger charge is -2.22. The summed E-state index contributed by atoms with van der Waals surface area (Å²) in [4.78, 5) is 10.4. The SMILES string of the molecule is CC(C)OP(=O)(CCC(=O)O)OC(C)C. The molecule has 0 atom stereocenters. The van der Waals surface area contributed by atoms with Crippen LogP contribution < -0.4 is 0 Å². The minimum absolute atomic E-state index is 0.0846. The molecule has 0 amide bonds. The van der Waals surface area contributed by atoms with Crippen molar-refractivity contribution in [3.63, 3.8) is 0 Å². The summed E-state index contributed by atoms with van der Waals surface area (Å²) in [6, 6.07) is 0. The Balaban J connectivity index is 4.40. The molecule has 0 unspecified atom stereocenters. The van der Waals surface area contributed by atoms with Crippen LogP contribution in [0.15, 0.2) is 0 Å². The second-order valence-corrected chi connectivity index (χ2v) is 5.88. The van der Waals surface area contributed by atoms with Gasteiger partial charge in [0.05, 0.1) is 24.8 Å². The topological polar surface area (TPSA) is 72.8 Å². The van der Waals surface area contributed by atoms with E-state index >= 15 is 0 Å². The third-order valence-corrected chi connectivity index (χ3v) is 3.60. The first-order valence-electron chi connectivity index (χ1n) is 4.93. The summed E-state index contributed by atoms with van der Waals surface area (Å²) in [5, 5.41) is 8.51. The van der Waals surface area contributed by atoms with Crippen LogP contribution in [-0.2, 0) is 18.4 Å². The second-order valence-electron chi connectivity index (χ2n) is 3.79. The van der Waals surface area contributed by atoms with Gasteiger partial charge in [-0.15, -0.1) is 0 Å². The summed E-state index contributed by atoms with van der Waals surface area (Å²) < 4.78 is 22.4. The van der Waals surface area contributed by atoms with Gasteiger partial charge in [-0.3, -0.25) is 9.36 Å². The Morgan fingerprint density at radius 1 is 1.20 bits per heavy atom. The summed E-state index contributed by atoms with van der Waals surface area (Å²) in [6.07, 6.45) is -0.790. The van der Waals surface area contributed by atoms with Crippen molar-refractivity contribution in [3.05, 3.63) is 0 Å². The lowest BCUT2D eigenvalue weighted by molar-refractivity contribution is -0.136. The lowest BCUT2D eigenvalue weighted by atomic mass is 10.5. The fourth-order valence-electron chi connectivity index (χ4n) is 1.01. The summed E-state index contributed by atoms with van der Waals surface area (Å²) in [5.74, 6) is -1.00. The molecule has 0 bridgehead atoms. The van der Waals surface area contributed by atoms with Crippen LogP contribution in [0, 0.1) is 0 Å². The number of hydrogen-bond donors (Lipinski definition) is 1. The molecule has 1 N–H and O–H groups in total. The van der Waals surface area contributed by atoms with Gasteiger partial charge in [0, 0.05) is 0 Å². The standard InChI is InChI=1S/C9H19O5P/c1-7(2)13-15(12,14-8(3)4)6-5-9(10)11/h7-8H,5-6H2,1-4H3,(H,10,11). The van der Waals surface area contributed by atoms with Crippen LogP contribution in [0.5, 0.6) is 0 Å². The van der Waals surface area contributed by atoms with E-state index in [1.54, 1.807) is 27.7 Å². The zero-order valence-electron chi connectivity index (χ0n) is 9.60. The molecule has 0 heterocycles. The lowest BCUT2D eigenvalue weighted by Crippen LogP contribution is -2.12. The first kappa shape index (κ1) is 14.6. The van der Waals surface area contributed by atoms with Crippen LogP contribution in [0.2, 0.25) is 0 Å². The van der Waals surface area contributed by atoms with Crippen molar-refractivity contribution >= 4 is 13.6 Å². The van der Waals surface area contributed by atoms with Crippen LogP contribution in [0.4, 0.5) is 0 Å². The first-order valence-corrected chi connectivity index (χ1v) is 6.65. The number of carboxylic acid groups (broad SMARTS) is 1. The highest BCUT2D eigenvalue weighted by molar-refractivity contribution is 7.53. The molecule has 0 radical (unpaired) electrons. The Bertz CT molecular complexity index is 235. The Morgan fingerprint density at radius 2 is 1.60 bits per heavy atom. The molecule has 0 aromatic heterocycles. The second kappa shape index (κ2) is 6.26. The van der Waals surface area contributed by atoms with Gasteiger partial charge in [-0.1, -0.05) is 0 Å². The number of carboxylic acids is 1. The third kappa shape index (κ3) is 7.54. The van der Waals surface area contributed by atoms with E-state index in [1.807, 2.05) is 0 Å². The maximum absolute atomic E-state index is 12.0. The molecule has 0 aliphatic carbocycles. The fourth-order valence-corrected chi connectivity index (χ4v) is 3.02. The third-order valence-electron chi connectivity index (χ3n) is 1.34. The van der Waals surface area contributed by atoms with Crippen molar-refractivity contribution < 1.29 is 23.5 Å². The Hall–Kier alpha value is -0.380. The molecule has 0 aromatic carbocycles. The predicted octanol–water partition coefficient (Wildman–Crippen LogP) is 2.50.